The molecule has 3 aromatic carbocycles. The SMILES string of the molecule is CC[C@@H](C(=O)NC)N(Cc1ccc(Cl)cc1)C(=O)CN(c1cccc(Cl)c1C)S(=O)(=O)c1ccc(C)cc1. The first-order valence-electron chi connectivity index (χ1n) is 12.1. The average molecular weight is 577 g/mol. The van der Waals surface area contributed by atoms with Gasteiger partial charge in [-0.2, -0.15) is 0 Å². The van der Waals surface area contributed by atoms with Gasteiger partial charge in [-0.05, 0) is 67.8 Å². The number of likely N-dealkylation sites (N-methyl/N-ethyl adjacent to an activating group) is 1. The second-order valence-electron chi connectivity index (χ2n) is 8.90. The fourth-order valence-electron chi connectivity index (χ4n) is 4.09. The van der Waals surface area contributed by atoms with E-state index in [0.29, 0.717) is 22.0 Å². The summed E-state index contributed by atoms with van der Waals surface area (Å²) in [7, 11) is -2.67. The number of halogens is 2. The summed E-state index contributed by atoms with van der Waals surface area (Å²) in [6, 6.07) is 17.4. The van der Waals surface area contributed by atoms with Gasteiger partial charge in [-0.15, -0.1) is 0 Å². The second-order valence-corrected chi connectivity index (χ2v) is 11.6. The topological polar surface area (TPSA) is 86.8 Å². The summed E-state index contributed by atoms with van der Waals surface area (Å²) in [5, 5.41) is 3.51. The lowest BCUT2D eigenvalue weighted by Crippen LogP contribution is -2.51. The monoisotopic (exact) mass is 575 g/mol. The van der Waals surface area contributed by atoms with Crippen LogP contribution in [0.25, 0.3) is 0 Å². The normalized spacial score (nSPS) is 12.1. The van der Waals surface area contributed by atoms with Crippen molar-refractivity contribution in [3.8, 4) is 0 Å². The number of sulfonamides is 1. The van der Waals surface area contributed by atoms with Crippen LogP contribution in [0.5, 0.6) is 0 Å². The van der Waals surface area contributed by atoms with Crippen LogP contribution in [0.2, 0.25) is 10.0 Å². The molecule has 0 bridgehead atoms. The van der Waals surface area contributed by atoms with Gasteiger partial charge >= 0.3 is 0 Å². The Morgan fingerprint density at radius 1 is 0.947 bits per heavy atom. The molecule has 0 heterocycles. The highest BCUT2D eigenvalue weighted by Gasteiger charge is 2.34. The van der Waals surface area contributed by atoms with E-state index in [-0.39, 0.29) is 23.0 Å². The van der Waals surface area contributed by atoms with Crippen molar-refractivity contribution in [1.82, 2.24) is 10.2 Å². The molecule has 0 unspecified atom stereocenters. The van der Waals surface area contributed by atoms with Gasteiger partial charge in [0.25, 0.3) is 10.0 Å². The molecule has 3 rings (SSSR count). The van der Waals surface area contributed by atoms with Gasteiger partial charge in [0.05, 0.1) is 10.6 Å². The van der Waals surface area contributed by atoms with Gasteiger partial charge in [-0.3, -0.25) is 13.9 Å². The summed E-state index contributed by atoms with van der Waals surface area (Å²) in [5.74, 6) is -0.882. The third-order valence-electron chi connectivity index (χ3n) is 6.29. The van der Waals surface area contributed by atoms with E-state index in [9.17, 15) is 18.0 Å². The molecule has 0 aliphatic rings. The van der Waals surface area contributed by atoms with Gasteiger partial charge in [0.1, 0.15) is 12.6 Å². The Balaban J connectivity index is 2.10. The number of carbonyl (C=O) groups excluding carboxylic acids is 2. The number of anilines is 1. The van der Waals surface area contributed by atoms with Gasteiger partial charge in [-0.25, -0.2) is 8.42 Å². The van der Waals surface area contributed by atoms with Gasteiger partial charge in [-0.1, -0.05) is 66.0 Å². The third-order valence-corrected chi connectivity index (χ3v) is 8.73. The molecule has 38 heavy (non-hydrogen) atoms. The molecule has 10 heteroatoms. The molecule has 0 saturated carbocycles. The largest absolute Gasteiger partial charge is 0.357 e. The van der Waals surface area contributed by atoms with Crippen molar-refractivity contribution in [3.63, 3.8) is 0 Å². The first-order valence-corrected chi connectivity index (χ1v) is 14.3. The van der Waals surface area contributed by atoms with E-state index in [1.807, 2.05) is 6.92 Å². The predicted molar refractivity (Wildman–Crippen MR) is 152 cm³/mol. The Labute approximate surface area is 234 Å². The van der Waals surface area contributed by atoms with Crippen molar-refractivity contribution in [2.45, 2.75) is 44.7 Å². The smallest absolute Gasteiger partial charge is 0.264 e. The van der Waals surface area contributed by atoms with E-state index in [0.717, 1.165) is 15.4 Å². The lowest BCUT2D eigenvalue weighted by molar-refractivity contribution is -0.140. The van der Waals surface area contributed by atoms with Crippen LogP contribution in [-0.2, 0) is 26.2 Å². The van der Waals surface area contributed by atoms with Crippen molar-refractivity contribution in [1.29, 1.82) is 0 Å². The predicted octanol–water partition coefficient (Wildman–Crippen LogP) is 5.36. The zero-order valence-corrected chi connectivity index (χ0v) is 24.1. The van der Waals surface area contributed by atoms with Crippen LogP contribution in [0, 0.1) is 13.8 Å². The molecule has 0 aliphatic carbocycles. The Bertz CT molecular complexity index is 1390. The minimum Gasteiger partial charge on any atom is -0.357 e. The lowest BCUT2D eigenvalue weighted by atomic mass is 10.1. The lowest BCUT2D eigenvalue weighted by Gasteiger charge is -2.33. The number of rotatable bonds is 10. The zero-order chi connectivity index (χ0) is 28.0. The number of aryl methyl sites for hydroxylation is 1. The Morgan fingerprint density at radius 3 is 2.16 bits per heavy atom. The number of amides is 2. The first kappa shape index (κ1) is 29.5. The Kier molecular flexibility index (Phi) is 9.82. The van der Waals surface area contributed by atoms with Crippen molar-refractivity contribution in [2.75, 3.05) is 17.9 Å². The molecule has 1 atom stereocenters. The van der Waals surface area contributed by atoms with Crippen LogP contribution < -0.4 is 9.62 Å². The summed E-state index contributed by atoms with van der Waals surface area (Å²) >= 11 is 12.4. The summed E-state index contributed by atoms with van der Waals surface area (Å²) in [6.45, 7) is 4.92. The number of nitrogens with one attached hydrogen (secondary N) is 1. The van der Waals surface area contributed by atoms with Crippen LogP contribution in [0.3, 0.4) is 0 Å². The van der Waals surface area contributed by atoms with Gasteiger partial charge in [0, 0.05) is 23.6 Å². The Morgan fingerprint density at radius 2 is 1.58 bits per heavy atom. The highest BCUT2D eigenvalue weighted by Crippen LogP contribution is 2.31. The summed E-state index contributed by atoms with van der Waals surface area (Å²) in [5.41, 5.74) is 2.44. The fraction of sp³-hybridized carbons (Fsp3) is 0.286. The van der Waals surface area contributed by atoms with E-state index in [4.69, 9.17) is 23.2 Å². The summed E-state index contributed by atoms with van der Waals surface area (Å²) in [4.78, 5) is 28.1. The molecule has 0 spiro atoms. The minimum atomic E-state index is -4.17. The van der Waals surface area contributed by atoms with Gasteiger partial charge < -0.3 is 10.2 Å². The molecule has 0 fully saturated rings. The first-order chi connectivity index (χ1) is 18.0. The average Bonchev–Trinajstić information content (AvgIpc) is 2.90. The fourth-order valence-corrected chi connectivity index (χ4v) is 5.86. The van der Waals surface area contributed by atoms with Gasteiger partial charge in [0.2, 0.25) is 11.8 Å². The molecule has 0 radical (unpaired) electrons. The molecule has 0 aliphatic heterocycles. The maximum absolute atomic E-state index is 13.9. The summed E-state index contributed by atoms with van der Waals surface area (Å²) in [6.07, 6.45) is 0.333. The molecule has 0 aromatic heterocycles. The third kappa shape index (κ3) is 6.67. The van der Waals surface area contributed by atoms with E-state index in [1.54, 1.807) is 68.4 Å². The Hall–Kier alpha value is -3.07. The zero-order valence-electron chi connectivity index (χ0n) is 21.7. The number of hydrogen-bond donors (Lipinski definition) is 1. The van der Waals surface area contributed by atoms with Crippen LogP contribution in [0.4, 0.5) is 5.69 Å². The molecule has 3 aromatic rings. The highest BCUT2D eigenvalue weighted by atomic mass is 35.5. The maximum atomic E-state index is 13.9. The van der Waals surface area contributed by atoms with Crippen LogP contribution in [0.1, 0.15) is 30.0 Å². The van der Waals surface area contributed by atoms with Crippen LogP contribution in [0.15, 0.2) is 71.6 Å². The van der Waals surface area contributed by atoms with Crippen molar-refractivity contribution in [3.05, 3.63) is 93.5 Å². The van der Waals surface area contributed by atoms with Gasteiger partial charge in [0.15, 0.2) is 0 Å². The van der Waals surface area contributed by atoms with Crippen LogP contribution in [-0.4, -0.2) is 44.8 Å². The molecule has 0 saturated heterocycles. The standard InChI is InChI=1S/C28H31Cl2N3O4S/c1-5-25(28(35)31-4)32(17-21-11-13-22(29)14-12-21)27(34)18-33(26-8-6-7-24(30)20(26)3)38(36,37)23-15-9-19(2)10-16-23/h6-16,25H,5,17-18H2,1-4H3,(H,31,35)/t25-/m0/s1. The number of carbonyl (C=O) groups is 2. The molecule has 2 amide bonds. The number of benzene rings is 3. The molecule has 1 N–H and O–H groups in total. The van der Waals surface area contributed by atoms with E-state index < -0.39 is 28.5 Å². The van der Waals surface area contributed by atoms with Crippen molar-refractivity contribution >= 4 is 50.7 Å². The van der Waals surface area contributed by atoms with Crippen LogP contribution >= 0.6 is 23.2 Å². The number of hydrogen-bond acceptors (Lipinski definition) is 4. The molecule has 7 nitrogen and oxygen atoms in total. The summed E-state index contributed by atoms with van der Waals surface area (Å²) < 4.78 is 28.9. The highest BCUT2D eigenvalue weighted by molar-refractivity contribution is 7.92. The van der Waals surface area contributed by atoms with Crippen molar-refractivity contribution in [2.24, 2.45) is 0 Å². The minimum absolute atomic E-state index is 0.0397. The molecule has 202 valence electrons. The van der Waals surface area contributed by atoms with E-state index >= 15 is 0 Å². The molecular weight excluding hydrogens is 545 g/mol. The van der Waals surface area contributed by atoms with E-state index in [1.165, 1.54) is 24.1 Å². The van der Waals surface area contributed by atoms with E-state index in [2.05, 4.69) is 5.32 Å². The van der Waals surface area contributed by atoms with Crippen molar-refractivity contribution < 1.29 is 18.0 Å². The number of nitrogens with zero attached hydrogens (tertiary/aromatic N) is 2. The maximum Gasteiger partial charge on any atom is 0.264 e. The molecular formula is C28H31Cl2N3O4S. The quantitative estimate of drug-likeness (QED) is 0.352. The second kappa shape index (κ2) is 12.7.